The molecule has 7 heteroatoms. The molecule has 0 saturated heterocycles. The Labute approximate surface area is 88.3 Å². The lowest BCUT2D eigenvalue weighted by molar-refractivity contribution is 0.586. The molecule has 1 heterocycles. The summed E-state index contributed by atoms with van der Waals surface area (Å²) in [7, 11) is 0. The SMILES string of the molecule is Nn1c(-c2c(F)cccc2F)n[nH]c1=S. The van der Waals surface area contributed by atoms with E-state index in [1.54, 1.807) is 0 Å². The van der Waals surface area contributed by atoms with Crippen LogP contribution in [0.2, 0.25) is 0 Å². The molecule has 0 saturated carbocycles. The number of nitrogens with one attached hydrogen (secondary N) is 1. The average molecular weight is 228 g/mol. The van der Waals surface area contributed by atoms with Gasteiger partial charge in [0.2, 0.25) is 4.77 Å². The number of nitrogens with two attached hydrogens (primary N) is 1. The van der Waals surface area contributed by atoms with Crippen LogP contribution in [0.1, 0.15) is 0 Å². The van der Waals surface area contributed by atoms with Crippen molar-refractivity contribution in [3.05, 3.63) is 34.6 Å². The van der Waals surface area contributed by atoms with Gasteiger partial charge < -0.3 is 5.84 Å². The lowest BCUT2D eigenvalue weighted by atomic mass is 10.2. The molecule has 3 N–H and O–H groups in total. The van der Waals surface area contributed by atoms with Crippen LogP contribution in [0.4, 0.5) is 8.78 Å². The highest BCUT2D eigenvalue weighted by Crippen LogP contribution is 2.22. The zero-order valence-corrected chi connectivity index (χ0v) is 8.18. The molecule has 4 nitrogen and oxygen atoms in total. The van der Waals surface area contributed by atoms with Gasteiger partial charge in [-0.1, -0.05) is 6.07 Å². The standard InChI is InChI=1S/C8H6F2N4S/c9-4-2-1-3-5(10)6(4)7-12-13-8(15)14(7)11/h1-3H,11H2,(H,13,15). The van der Waals surface area contributed by atoms with E-state index in [0.29, 0.717) is 0 Å². The van der Waals surface area contributed by atoms with Crippen LogP contribution in [0.3, 0.4) is 0 Å². The molecule has 0 radical (unpaired) electrons. The summed E-state index contributed by atoms with van der Waals surface area (Å²) >= 11 is 4.74. The van der Waals surface area contributed by atoms with E-state index >= 15 is 0 Å². The van der Waals surface area contributed by atoms with Crippen LogP contribution in [0.25, 0.3) is 11.4 Å². The Morgan fingerprint density at radius 3 is 2.40 bits per heavy atom. The van der Waals surface area contributed by atoms with Crippen molar-refractivity contribution in [1.82, 2.24) is 14.9 Å². The molecule has 0 spiro atoms. The lowest BCUT2D eigenvalue weighted by Crippen LogP contribution is -2.11. The summed E-state index contributed by atoms with van der Waals surface area (Å²) < 4.78 is 27.7. The highest BCUT2D eigenvalue weighted by molar-refractivity contribution is 7.71. The van der Waals surface area contributed by atoms with Gasteiger partial charge in [-0.05, 0) is 24.4 Å². The van der Waals surface area contributed by atoms with E-state index in [1.807, 2.05) is 0 Å². The molecule has 2 rings (SSSR count). The van der Waals surface area contributed by atoms with Gasteiger partial charge in [-0.25, -0.2) is 18.6 Å². The van der Waals surface area contributed by atoms with Crippen LogP contribution >= 0.6 is 12.2 Å². The maximum Gasteiger partial charge on any atom is 0.214 e. The highest BCUT2D eigenvalue weighted by atomic mass is 32.1. The average Bonchev–Trinajstić information content (AvgIpc) is 2.49. The third kappa shape index (κ3) is 1.50. The smallest absolute Gasteiger partial charge is 0.214 e. The van der Waals surface area contributed by atoms with Crippen molar-refractivity contribution >= 4 is 12.2 Å². The van der Waals surface area contributed by atoms with E-state index in [0.717, 1.165) is 16.8 Å². The second-order valence-corrected chi connectivity index (χ2v) is 3.21. The van der Waals surface area contributed by atoms with Crippen molar-refractivity contribution in [1.29, 1.82) is 0 Å². The van der Waals surface area contributed by atoms with Gasteiger partial charge in [-0.3, -0.25) is 0 Å². The topological polar surface area (TPSA) is 59.6 Å². The number of hydrogen-bond donors (Lipinski definition) is 2. The minimum Gasteiger partial charge on any atom is -0.335 e. The number of aromatic nitrogens is 3. The van der Waals surface area contributed by atoms with Crippen molar-refractivity contribution < 1.29 is 8.78 Å². The second-order valence-electron chi connectivity index (χ2n) is 2.82. The van der Waals surface area contributed by atoms with E-state index in [1.165, 1.54) is 6.07 Å². The number of halogens is 2. The fraction of sp³-hybridized carbons (Fsp3) is 0. The van der Waals surface area contributed by atoms with Gasteiger partial charge in [0.15, 0.2) is 5.82 Å². The van der Waals surface area contributed by atoms with E-state index in [-0.39, 0.29) is 16.2 Å². The molecule has 0 unspecified atom stereocenters. The molecule has 0 aliphatic carbocycles. The summed E-state index contributed by atoms with van der Waals surface area (Å²) in [6.45, 7) is 0. The molecule has 15 heavy (non-hydrogen) atoms. The predicted molar refractivity (Wildman–Crippen MR) is 52.9 cm³/mol. The van der Waals surface area contributed by atoms with Gasteiger partial charge in [0.25, 0.3) is 0 Å². The van der Waals surface area contributed by atoms with Crippen LogP contribution in [0.5, 0.6) is 0 Å². The minimum atomic E-state index is -0.740. The highest BCUT2D eigenvalue weighted by Gasteiger charge is 2.16. The number of aromatic amines is 1. The normalized spacial score (nSPS) is 10.5. The number of H-pyrrole nitrogens is 1. The van der Waals surface area contributed by atoms with Crippen LogP contribution < -0.4 is 5.84 Å². The first-order valence-electron chi connectivity index (χ1n) is 3.98. The monoisotopic (exact) mass is 228 g/mol. The molecule has 2 aromatic rings. The molecule has 78 valence electrons. The Hall–Kier alpha value is -1.76. The van der Waals surface area contributed by atoms with Gasteiger partial charge in [0.05, 0.1) is 5.56 Å². The fourth-order valence-corrected chi connectivity index (χ4v) is 1.32. The largest absolute Gasteiger partial charge is 0.335 e. The summed E-state index contributed by atoms with van der Waals surface area (Å²) in [5.74, 6) is 3.90. The van der Waals surface area contributed by atoms with E-state index in [4.69, 9.17) is 18.1 Å². The molecule has 0 fully saturated rings. The molecule has 0 aliphatic rings. The van der Waals surface area contributed by atoms with Crippen molar-refractivity contribution in [3.8, 4) is 11.4 Å². The van der Waals surface area contributed by atoms with Crippen LogP contribution in [0.15, 0.2) is 18.2 Å². The quantitative estimate of drug-likeness (QED) is 0.575. The zero-order chi connectivity index (χ0) is 11.0. The van der Waals surface area contributed by atoms with Gasteiger partial charge in [-0.15, -0.1) is 0 Å². The van der Waals surface area contributed by atoms with Gasteiger partial charge in [0, 0.05) is 0 Å². The molecule has 1 aromatic heterocycles. The first-order chi connectivity index (χ1) is 7.11. The number of nitrogen functional groups attached to an aromatic ring is 1. The lowest BCUT2D eigenvalue weighted by Gasteiger charge is -2.02. The Morgan fingerprint density at radius 1 is 1.33 bits per heavy atom. The Kier molecular flexibility index (Phi) is 2.24. The van der Waals surface area contributed by atoms with Gasteiger partial charge in [-0.2, -0.15) is 5.10 Å². The summed E-state index contributed by atoms with van der Waals surface area (Å²) in [5.41, 5.74) is -0.299. The van der Waals surface area contributed by atoms with Crippen LogP contribution in [0, 0.1) is 16.4 Å². The molecule has 0 aliphatic heterocycles. The Balaban J connectivity index is 2.74. The van der Waals surface area contributed by atoms with Gasteiger partial charge >= 0.3 is 0 Å². The molecular weight excluding hydrogens is 222 g/mol. The Morgan fingerprint density at radius 2 is 1.93 bits per heavy atom. The van der Waals surface area contributed by atoms with Crippen LogP contribution in [-0.4, -0.2) is 14.9 Å². The number of rotatable bonds is 1. The first-order valence-corrected chi connectivity index (χ1v) is 4.39. The fourth-order valence-electron chi connectivity index (χ4n) is 1.19. The summed E-state index contributed by atoms with van der Waals surface area (Å²) in [6, 6.07) is 3.50. The van der Waals surface area contributed by atoms with Crippen molar-refractivity contribution in [2.24, 2.45) is 0 Å². The second kappa shape index (κ2) is 3.43. The number of nitrogens with zero attached hydrogens (tertiary/aromatic N) is 2. The van der Waals surface area contributed by atoms with Crippen molar-refractivity contribution in [2.45, 2.75) is 0 Å². The van der Waals surface area contributed by atoms with E-state index < -0.39 is 11.6 Å². The summed E-state index contributed by atoms with van der Waals surface area (Å²) in [5, 5.41) is 6.00. The van der Waals surface area contributed by atoms with Crippen LogP contribution in [-0.2, 0) is 0 Å². The van der Waals surface area contributed by atoms with Crippen molar-refractivity contribution in [2.75, 3.05) is 5.84 Å². The predicted octanol–water partition coefficient (Wildman–Crippen LogP) is 1.60. The molecule has 1 aromatic carbocycles. The van der Waals surface area contributed by atoms with E-state index in [9.17, 15) is 8.78 Å². The molecular formula is C8H6F2N4S. The third-order valence-electron chi connectivity index (χ3n) is 1.89. The van der Waals surface area contributed by atoms with Gasteiger partial charge in [0.1, 0.15) is 11.6 Å². The third-order valence-corrected chi connectivity index (χ3v) is 2.18. The van der Waals surface area contributed by atoms with E-state index in [2.05, 4.69) is 10.2 Å². The number of benzene rings is 1. The molecule has 0 atom stereocenters. The minimum absolute atomic E-state index is 0.0735. The summed E-state index contributed by atoms with van der Waals surface area (Å²) in [4.78, 5) is 0. The van der Waals surface area contributed by atoms with Crippen molar-refractivity contribution in [3.63, 3.8) is 0 Å². The first kappa shape index (κ1) is 9.78. The number of hydrogen-bond acceptors (Lipinski definition) is 3. The maximum atomic E-state index is 13.3. The molecule has 0 amide bonds. The summed E-state index contributed by atoms with van der Waals surface area (Å²) in [6.07, 6.45) is 0. The zero-order valence-electron chi connectivity index (χ0n) is 7.37. The maximum absolute atomic E-state index is 13.3. The Bertz CT molecular complexity index is 540. The molecule has 0 bridgehead atoms.